The van der Waals surface area contributed by atoms with E-state index in [9.17, 15) is 9.59 Å². The van der Waals surface area contributed by atoms with Gasteiger partial charge in [0, 0.05) is 11.5 Å². The zero-order valence-corrected chi connectivity index (χ0v) is 17.4. The summed E-state index contributed by atoms with van der Waals surface area (Å²) >= 11 is 1.53. The summed E-state index contributed by atoms with van der Waals surface area (Å²) in [5, 5.41) is 7.10. The van der Waals surface area contributed by atoms with Gasteiger partial charge in [-0.2, -0.15) is 0 Å². The lowest BCUT2D eigenvalue weighted by molar-refractivity contribution is -0.127. The Hall–Kier alpha value is -1.44. The molecular formula is C22H28N2O4S. The van der Waals surface area contributed by atoms with E-state index in [1.807, 2.05) is 0 Å². The van der Waals surface area contributed by atoms with Gasteiger partial charge in [-0.25, -0.2) is 0 Å². The van der Waals surface area contributed by atoms with Gasteiger partial charge in [0.1, 0.15) is 5.00 Å². The summed E-state index contributed by atoms with van der Waals surface area (Å²) in [4.78, 5) is 27.8. The van der Waals surface area contributed by atoms with E-state index in [1.54, 1.807) is 0 Å². The van der Waals surface area contributed by atoms with Crippen molar-refractivity contribution in [3.05, 3.63) is 16.0 Å². The summed E-state index contributed by atoms with van der Waals surface area (Å²) in [6.07, 6.45) is 7.39. The molecule has 1 aromatic heterocycles. The number of rotatable bonds is 4. The molecule has 2 unspecified atom stereocenters. The molecule has 4 aliphatic carbocycles. The van der Waals surface area contributed by atoms with E-state index in [-0.39, 0.29) is 23.3 Å². The van der Waals surface area contributed by atoms with Crippen LogP contribution < -0.4 is 10.6 Å². The molecule has 2 N–H and O–H groups in total. The zero-order valence-electron chi connectivity index (χ0n) is 16.6. The topological polar surface area (TPSA) is 76.7 Å². The van der Waals surface area contributed by atoms with Crippen molar-refractivity contribution in [2.75, 3.05) is 25.1 Å². The second kappa shape index (κ2) is 6.79. The van der Waals surface area contributed by atoms with E-state index in [4.69, 9.17) is 9.47 Å². The van der Waals surface area contributed by atoms with Crippen LogP contribution in [-0.2, 0) is 27.3 Å². The molecule has 1 aromatic rings. The smallest absolute Gasteiger partial charge is 0.254 e. The van der Waals surface area contributed by atoms with Crippen molar-refractivity contribution in [1.29, 1.82) is 0 Å². The van der Waals surface area contributed by atoms with Crippen LogP contribution in [0.3, 0.4) is 0 Å². The summed E-state index contributed by atoms with van der Waals surface area (Å²) in [5.74, 6) is 2.08. The molecule has 1 saturated heterocycles. The van der Waals surface area contributed by atoms with Crippen molar-refractivity contribution in [1.82, 2.24) is 5.32 Å². The van der Waals surface area contributed by atoms with E-state index < -0.39 is 0 Å². The number of ether oxygens (including phenoxy) is 2. The third-order valence-electron chi connectivity index (χ3n) is 7.98. The van der Waals surface area contributed by atoms with Crippen molar-refractivity contribution < 1.29 is 19.1 Å². The molecule has 4 bridgehead atoms. The van der Waals surface area contributed by atoms with Crippen molar-refractivity contribution in [3.8, 4) is 0 Å². The molecule has 5 fully saturated rings. The van der Waals surface area contributed by atoms with Crippen LogP contribution in [-0.4, -0.2) is 37.7 Å². The van der Waals surface area contributed by atoms with Gasteiger partial charge in [-0.1, -0.05) is 0 Å². The van der Waals surface area contributed by atoms with E-state index in [1.165, 1.54) is 30.6 Å². The molecule has 3 atom stereocenters. The fourth-order valence-corrected chi connectivity index (χ4v) is 8.04. The number of amides is 2. The van der Waals surface area contributed by atoms with Crippen LogP contribution in [0.1, 0.15) is 59.3 Å². The first-order valence-electron chi connectivity index (χ1n) is 11.0. The molecule has 7 rings (SSSR count). The highest BCUT2D eigenvalue weighted by Gasteiger charge is 2.61. The molecule has 2 aliphatic heterocycles. The lowest BCUT2D eigenvalue weighted by atomic mass is 9.75. The van der Waals surface area contributed by atoms with Crippen molar-refractivity contribution in [2.24, 2.45) is 23.2 Å². The highest BCUT2D eigenvalue weighted by atomic mass is 32.1. The number of carbonyl (C=O) groups excluding carboxylic acids is 2. The largest absolute Gasteiger partial charge is 0.379 e. The van der Waals surface area contributed by atoms with Gasteiger partial charge in [0.2, 0.25) is 5.91 Å². The second-order valence-corrected chi connectivity index (χ2v) is 10.8. The summed E-state index contributed by atoms with van der Waals surface area (Å²) in [6, 6.07) is 0.0567. The van der Waals surface area contributed by atoms with Crippen LogP contribution in [0.15, 0.2) is 0 Å². The SMILES string of the molecule is O=C(N[C@@H]1CCOC1)c1c(NC(=O)C23CC4CC(CC2C4)C3)sc2c1CCOC2. The van der Waals surface area contributed by atoms with E-state index in [2.05, 4.69) is 10.6 Å². The fourth-order valence-electron chi connectivity index (χ4n) is 6.86. The molecule has 29 heavy (non-hydrogen) atoms. The molecule has 3 heterocycles. The van der Waals surface area contributed by atoms with Crippen molar-refractivity contribution in [3.63, 3.8) is 0 Å². The number of hydrogen-bond acceptors (Lipinski definition) is 5. The normalized spacial score (nSPS) is 37.0. The van der Waals surface area contributed by atoms with Gasteiger partial charge in [-0.15, -0.1) is 11.3 Å². The first kappa shape index (κ1) is 18.3. The number of carbonyl (C=O) groups is 2. The second-order valence-electron chi connectivity index (χ2n) is 9.70. The van der Waals surface area contributed by atoms with Gasteiger partial charge in [0.15, 0.2) is 0 Å². The Morgan fingerprint density at radius 1 is 1.07 bits per heavy atom. The van der Waals surface area contributed by atoms with Gasteiger partial charge in [-0.05, 0) is 68.3 Å². The molecule has 6 nitrogen and oxygen atoms in total. The third-order valence-corrected chi connectivity index (χ3v) is 9.10. The molecular weight excluding hydrogens is 388 g/mol. The van der Waals surface area contributed by atoms with Crippen LogP contribution in [0.4, 0.5) is 5.00 Å². The predicted octanol–water partition coefficient (Wildman–Crippen LogP) is 3.10. The lowest BCUT2D eigenvalue weighted by Gasteiger charge is -2.31. The van der Waals surface area contributed by atoms with Crippen molar-refractivity contribution >= 4 is 28.2 Å². The van der Waals surface area contributed by atoms with Crippen LogP contribution in [0, 0.1) is 23.2 Å². The number of fused-ring (bicyclic) bond motifs is 1. The Morgan fingerprint density at radius 3 is 2.66 bits per heavy atom. The molecule has 156 valence electrons. The van der Waals surface area contributed by atoms with Crippen LogP contribution in [0.2, 0.25) is 0 Å². The Balaban J connectivity index is 1.29. The molecule has 0 aromatic carbocycles. The molecule has 0 radical (unpaired) electrons. The third kappa shape index (κ3) is 2.88. The maximum absolute atomic E-state index is 13.5. The molecule has 7 heteroatoms. The first-order chi connectivity index (χ1) is 14.1. The number of anilines is 1. The standard InChI is InChI=1S/C22H28N2O4S/c25-19(23-15-1-3-27-10-15)18-16-2-4-28-11-17(16)29-20(18)24-21(26)22-8-12-5-13(9-22)7-14(22)6-12/h12-15H,1-11H2,(H,23,25)(H,24,26)/t12?,13?,14?,15-,22?/m1/s1. The summed E-state index contributed by atoms with van der Waals surface area (Å²) in [6.45, 7) is 2.41. The van der Waals surface area contributed by atoms with Gasteiger partial charge in [0.25, 0.3) is 5.91 Å². The zero-order chi connectivity index (χ0) is 19.6. The summed E-state index contributed by atoms with van der Waals surface area (Å²) in [5.41, 5.74) is 1.53. The van der Waals surface area contributed by atoms with Gasteiger partial charge >= 0.3 is 0 Å². The first-order valence-corrected chi connectivity index (χ1v) is 11.9. The minimum absolute atomic E-state index is 0.0567. The Labute approximate surface area is 174 Å². The minimum atomic E-state index is -0.193. The summed E-state index contributed by atoms with van der Waals surface area (Å²) < 4.78 is 11.0. The maximum Gasteiger partial charge on any atom is 0.254 e. The lowest BCUT2D eigenvalue weighted by Crippen LogP contribution is -2.38. The number of thiophene rings is 1. The monoisotopic (exact) mass is 416 g/mol. The van der Waals surface area contributed by atoms with Gasteiger partial charge in [0.05, 0.1) is 36.8 Å². The molecule has 2 amide bonds. The molecule has 4 saturated carbocycles. The number of hydrogen-bond donors (Lipinski definition) is 2. The predicted molar refractivity (Wildman–Crippen MR) is 109 cm³/mol. The van der Waals surface area contributed by atoms with Crippen LogP contribution in [0.25, 0.3) is 0 Å². The van der Waals surface area contributed by atoms with Crippen LogP contribution >= 0.6 is 11.3 Å². The van der Waals surface area contributed by atoms with E-state index >= 15 is 0 Å². The highest BCUT2D eigenvalue weighted by molar-refractivity contribution is 7.17. The van der Waals surface area contributed by atoms with E-state index in [0.29, 0.717) is 37.9 Å². The average Bonchev–Trinajstić information content (AvgIpc) is 3.43. The number of nitrogens with one attached hydrogen (secondary N) is 2. The van der Waals surface area contributed by atoms with Crippen LogP contribution in [0.5, 0.6) is 0 Å². The summed E-state index contributed by atoms with van der Waals surface area (Å²) in [7, 11) is 0. The molecule has 0 spiro atoms. The quantitative estimate of drug-likeness (QED) is 0.791. The minimum Gasteiger partial charge on any atom is -0.379 e. The van der Waals surface area contributed by atoms with Gasteiger partial charge in [-0.3, -0.25) is 9.59 Å². The van der Waals surface area contributed by atoms with Crippen molar-refractivity contribution in [2.45, 2.75) is 57.6 Å². The Morgan fingerprint density at radius 2 is 1.90 bits per heavy atom. The average molecular weight is 417 g/mol. The highest BCUT2D eigenvalue weighted by Crippen LogP contribution is 2.65. The van der Waals surface area contributed by atoms with Gasteiger partial charge < -0.3 is 20.1 Å². The van der Waals surface area contributed by atoms with E-state index in [0.717, 1.165) is 53.0 Å². The maximum atomic E-state index is 13.5. The fraction of sp³-hybridized carbons (Fsp3) is 0.727. The Bertz CT molecular complexity index is 845. The molecule has 6 aliphatic rings. The Kier molecular flexibility index (Phi) is 4.29.